The molecule has 112 valence electrons. The first-order valence-corrected chi connectivity index (χ1v) is 7.66. The molecule has 3 heteroatoms. The predicted molar refractivity (Wildman–Crippen MR) is 81.1 cm³/mol. The van der Waals surface area contributed by atoms with E-state index in [9.17, 15) is 4.79 Å². The van der Waals surface area contributed by atoms with E-state index in [1.807, 2.05) is 32.7 Å². The molecule has 19 heavy (non-hydrogen) atoms. The van der Waals surface area contributed by atoms with Crippen molar-refractivity contribution >= 4 is 5.91 Å². The van der Waals surface area contributed by atoms with Gasteiger partial charge in [-0.25, -0.2) is 0 Å². The second kappa shape index (κ2) is 6.25. The van der Waals surface area contributed by atoms with E-state index in [4.69, 9.17) is 0 Å². The van der Waals surface area contributed by atoms with Crippen LogP contribution >= 0.6 is 0 Å². The maximum absolute atomic E-state index is 12.3. The average Bonchev–Trinajstić information content (AvgIpc) is 2.73. The van der Waals surface area contributed by atoms with Crippen molar-refractivity contribution in [2.45, 2.75) is 66.5 Å². The van der Waals surface area contributed by atoms with Crippen LogP contribution in [0.3, 0.4) is 0 Å². The number of hydrogen-bond acceptors (Lipinski definition) is 2. The zero-order chi connectivity index (χ0) is 14.8. The summed E-state index contributed by atoms with van der Waals surface area (Å²) in [6.45, 7) is 14.9. The van der Waals surface area contributed by atoms with Crippen LogP contribution in [-0.4, -0.2) is 47.9 Å². The lowest BCUT2D eigenvalue weighted by Crippen LogP contribution is -2.48. The highest BCUT2D eigenvalue weighted by Gasteiger charge is 2.33. The molecule has 1 aliphatic heterocycles. The quantitative estimate of drug-likeness (QED) is 0.782. The summed E-state index contributed by atoms with van der Waals surface area (Å²) in [6, 6.07) is 1.14. The molecule has 1 heterocycles. The van der Waals surface area contributed by atoms with Gasteiger partial charge < -0.3 is 4.90 Å². The van der Waals surface area contributed by atoms with Gasteiger partial charge in [0, 0.05) is 31.1 Å². The van der Waals surface area contributed by atoms with E-state index in [-0.39, 0.29) is 11.3 Å². The van der Waals surface area contributed by atoms with Gasteiger partial charge in [-0.05, 0) is 32.2 Å². The van der Waals surface area contributed by atoms with Crippen LogP contribution < -0.4 is 0 Å². The van der Waals surface area contributed by atoms with Gasteiger partial charge in [-0.1, -0.05) is 34.6 Å². The summed E-state index contributed by atoms with van der Waals surface area (Å²) in [4.78, 5) is 16.8. The third-order valence-corrected chi connectivity index (χ3v) is 4.38. The molecule has 0 bridgehead atoms. The van der Waals surface area contributed by atoms with E-state index in [0.717, 1.165) is 6.54 Å². The van der Waals surface area contributed by atoms with E-state index in [1.165, 1.54) is 19.4 Å². The Hall–Kier alpha value is -0.570. The van der Waals surface area contributed by atoms with Crippen LogP contribution in [0.5, 0.6) is 0 Å². The van der Waals surface area contributed by atoms with Crippen molar-refractivity contribution in [3.63, 3.8) is 0 Å². The van der Waals surface area contributed by atoms with Gasteiger partial charge in [0.1, 0.15) is 0 Å². The Morgan fingerprint density at radius 1 is 1.32 bits per heavy atom. The molecule has 0 spiro atoms. The minimum absolute atomic E-state index is 0.247. The van der Waals surface area contributed by atoms with Crippen LogP contribution in [0, 0.1) is 11.3 Å². The molecule has 0 saturated carbocycles. The Morgan fingerprint density at radius 2 is 1.89 bits per heavy atom. The molecular weight excluding hydrogens is 236 g/mol. The van der Waals surface area contributed by atoms with Gasteiger partial charge in [-0.3, -0.25) is 9.69 Å². The number of likely N-dealkylation sites (N-methyl/N-ethyl adjacent to an activating group) is 1. The fraction of sp³-hybridized carbons (Fsp3) is 0.938. The lowest BCUT2D eigenvalue weighted by atomic mass is 9.94. The SMILES string of the molecule is CC(C)C(C)N1CCC[C@H]1CN(C)C(=O)C(C)(C)C. The van der Waals surface area contributed by atoms with Gasteiger partial charge in [-0.15, -0.1) is 0 Å². The molecule has 1 aliphatic rings. The Bertz CT molecular complexity index is 306. The predicted octanol–water partition coefficient (Wildman–Crippen LogP) is 3.00. The fourth-order valence-corrected chi connectivity index (χ4v) is 2.94. The van der Waals surface area contributed by atoms with Gasteiger partial charge in [0.15, 0.2) is 0 Å². The number of nitrogens with zero attached hydrogens (tertiary/aromatic N) is 2. The second-order valence-corrected chi connectivity index (χ2v) is 7.45. The number of likely N-dealkylation sites (tertiary alicyclic amines) is 1. The minimum atomic E-state index is -0.276. The molecule has 0 aromatic heterocycles. The Balaban J connectivity index is 2.63. The summed E-state index contributed by atoms with van der Waals surface area (Å²) in [7, 11) is 1.95. The zero-order valence-electron chi connectivity index (χ0n) is 13.9. The van der Waals surface area contributed by atoms with Gasteiger partial charge in [-0.2, -0.15) is 0 Å². The number of hydrogen-bond donors (Lipinski definition) is 0. The maximum atomic E-state index is 12.3. The molecule has 2 atom stereocenters. The Morgan fingerprint density at radius 3 is 2.37 bits per heavy atom. The number of carbonyl (C=O) groups excluding carboxylic acids is 1. The molecule has 1 fully saturated rings. The van der Waals surface area contributed by atoms with Crippen molar-refractivity contribution in [2.24, 2.45) is 11.3 Å². The van der Waals surface area contributed by atoms with Crippen LogP contribution in [0.1, 0.15) is 54.4 Å². The van der Waals surface area contributed by atoms with Crippen LogP contribution in [0.2, 0.25) is 0 Å². The molecule has 3 nitrogen and oxygen atoms in total. The third-order valence-electron chi connectivity index (χ3n) is 4.38. The first kappa shape index (κ1) is 16.5. The fourth-order valence-electron chi connectivity index (χ4n) is 2.94. The summed E-state index contributed by atoms with van der Waals surface area (Å²) in [5.41, 5.74) is -0.276. The summed E-state index contributed by atoms with van der Waals surface area (Å²) in [6.07, 6.45) is 2.48. The van der Waals surface area contributed by atoms with E-state index < -0.39 is 0 Å². The average molecular weight is 268 g/mol. The molecule has 0 aromatic rings. The normalized spacial score (nSPS) is 22.8. The Kier molecular flexibility index (Phi) is 5.43. The molecule has 1 unspecified atom stereocenters. The third kappa shape index (κ3) is 4.20. The molecule has 0 N–H and O–H groups in total. The molecule has 1 amide bonds. The van der Waals surface area contributed by atoms with Crippen molar-refractivity contribution in [1.29, 1.82) is 0 Å². The molecule has 0 radical (unpaired) electrons. The van der Waals surface area contributed by atoms with Crippen LogP contribution in [0.4, 0.5) is 0 Å². The van der Waals surface area contributed by atoms with Crippen molar-refractivity contribution in [1.82, 2.24) is 9.80 Å². The smallest absolute Gasteiger partial charge is 0.227 e. The molecular formula is C16H32N2O. The van der Waals surface area contributed by atoms with E-state index >= 15 is 0 Å². The number of carbonyl (C=O) groups is 1. The van der Waals surface area contributed by atoms with Crippen LogP contribution in [-0.2, 0) is 4.79 Å². The zero-order valence-corrected chi connectivity index (χ0v) is 13.9. The number of amides is 1. The molecule has 1 saturated heterocycles. The summed E-state index contributed by atoms with van der Waals surface area (Å²) < 4.78 is 0. The van der Waals surface area contributed by atoms with Gasteiger partial charge in [0.25, 0.3) is 0 Å². The second-order valence-electron chi connectivity index (χ2n) is 7.45. The topological polar surface area (TPSA) is 23.6 Å². The summed E-state index contributed by atoms with van der Waals surface area (Å²) in [5.74, 6) is 0.917. The van der Waals surface area contributed by atoms with Crippen LogP contribution in [0.25, 0.3) is 0 Å². The van der Waals surface area contributed by atoms with E-state index in [2.05, 4.69) is 25.7 Å². The van der Waals surface area contributed by atoms with E-state index in [0.29, 0.717) is 18.0 Å². The van der Waals surface area contributed by atoms with Crippen molar-refractivity contribution in [3.05, 3.63) is 0 Å². The molecule has 1 rings (SSSR count). The highest BCUT2D eigenvalue weighted by molar-refractivity contribution is 5.81. The van der Waals surface area contributed by atoms with Gasteiger partial charge >= 0.3 is 0 Å². The molecule has 0 aliphatic carbocycles. The Labute approximate surface area is 119 Å². The number of rotatable bonds is 4. The van der Waals surface area contributed by atoms with Gasteiger partial charge in [0.2, 0.25) is 5.91 Å². The monoisotopic (exact) mass is 268 g/mol. The highest BCUT2D eigenvalue weighted by atomic mass is 16.2. The summed E-state index contributed by atoms with van der Waals surface area (Å²) in [5, 5.41) is 0. The lowest BCUT2D eigenvalue weighted by Gasteiger charge is -2.36. The van der Waals surface area contributed by atoms with Crippen molar-refractivity contribution in [3.8, 4) is 0 Å². The van der Waals surface area contributed by atoms with Crippen molar-refractivity contribution < 1.29 is 4.79 Å². The standard InChI is InChI=1S/C16H32N2O/c1-12(2)13(3)18-10-8-9-14(18)11-17(7)15(19)16(4,5)6/h12-14H,8-11H2,1-7H3/t13?,14-/m0/s1. The van der Waals surface area contributed by atoms with E-state index in [1.54, 1.807) is 0 Å². The van der Waals surface area contributed by atoms with Gasteiger partial charge in [0.05, 0.1) is 0 Å². The van der Waals surface area contributed by atoms with Crippen molar-refractivity contribution in [2.75, 3.05) is 20.1 Å². The minimum Gasteiger partial charge on any atom is -0.344 e. The maximum Gasteiger partial charge on any atom is 0.227 e. The first-order chi connectivity index (χ1) is 8.64. The largest absolute Gasteiger partial charge is 0.344 e. The first-order valence-electron chi connectivity index (χ1n) is 7.66. The molecule has 0 aromatic carbocycles. The summed E-state index contributed by atoms with van der Waals surface area (Å²) >= 11 is 0. The lowest BCUT2D eigenvalue weighted by molar-refractivity contribution is -0.138. The van der Waals surface area contributed by atoms with Crippen LogP contribution in [0.15, 0.2) is 0 Å². The highest BCUT2D eigenvalue weighted by Crippen LogP contribution is 2.25.